The van der Waals surface area contributed by atoms with Crippen LogP contribution in [0.25, 0.3) is 0 Å². The smallest absolute Gasteiger partial charge is 0.231 e. The molecule has 0 saturated heterocycles. The van der Waals surface area contributed by atoms with Gasteiger partial charge < -0.3 is 14.6 Å². The van der Waals surface area contributed by atoms with Gasteiger partial charge in [0, 0.05) is 25.2 Å². The van der Waals surface area contributed by atoms with Crippen molar-refractivity contribution in [3.8, 4) is 11.5 Å². The number of aliphatic hydroxyl groups excluding tert-OH is 1. The Kier molecular flexibility index (Phi) is 5.33. The average molecular weight is 331 g/mol. The quantitative estimate of drug-likeness (QED) is 0.845. The Morgan fingerprint density at radius 3 is 2.71 bits per heavy atom. The second kappa shape index (κ2) is 7.64. The van der Waals surface area contributed by atoms with Crippen LogP contribution in [0.15, 0.2) is 42.5 Å². The van der Waals surface area contributed by atoms with Crippen molar-refractivity contribution in [2.75, 3.05) is 13.3 Å². The Morgan fingerprint density at radius 1 is 1.12 bits per heavy atom. The Bertz CT molecular complexity index is 692. The fraction of sp³-hybridized carbons (Fsp3) is 0.368. The second-order valence-electron chi connectivity index (χ2n) is 6.01. The highest BCUT2D eigenvalue weighted by Crippen LogP contribution is 2.33. The Hall–Kier alpha value is -2.11. The standard InChI is InChI=1S/C19H22FNO3/c1-2-16(22)12-21(11-15-5-3-4-6-17(15)20)10-14-7-8-18-19(9-14)24-13-23-18/h3-9,16,22H,2,10-13H2,1H3/t16-/m1/s1. The van der Waals surface area contributed by atoms with E-state index >= 15 is 0 Å². The van der Waals surface area contributed by atoms with Crippen molar-refractivity contribution in [2.45, 2.75) is 32.5 Å². The van der Waals surface area contributed by atoms with Gasteiger partial charge in [-0.3, -0.25) is 4.90 Å². The van der Waals surface area contributed by atoms with Crippen LogP contribution < -0.4 is 9.47 Å². The fourth-order valence-corrected chi connectivity index (χ4v) is 2.78. The van der Waals surface area contributed by atoms with Crippen LogP contribution in [-0.4, -0.2) is 29.4 Å². The molecule has 0 unspecified atom stereocenters. The maximum atomic E-state index is 14.0. The summed E-state index contributed by atoms with van der Waals surface area (Å²) < 4.78 is 24.7. The van der Waals surface area contributed by atoms with Gasteiger partial charge in [0.2, 0.25) is 6.79 Å². The van der Waals surface area contributed by atoms with Gasteiger partial charge in [-0.2, -0.15) is 0 Å². The summed E-state index contributed by atoms with van der Waals surface area (Å²) in [5.41, 5.74) is 1.67. The lowest BCUT2D eigenvalue weighted by atomic mass is 10.1. The topological polar surface area (TPSA) is 41.9 Å². The zero-order chi connectivity index (χ0) is 16.9. The van der Waals surface area contributed by atoms with E-state index < -0.39 is 6.10 Å². The van der Waals surface area contributed by atoms with E-state index in [0.29, 0.717) is 31.6 Å². The van der Waals surface area contributed by atoms with Crippen LogP contribution in [0.3, 0.4) is 0 Å². The number of nitrogens with zero attached hydrogens (tertiary/aromatic N) is 1. The Balaban J connectivity index is 1.75. The number of ether oxygens (including phenoxy) is 2. The molecule has 1 N–H and O–H groups in total. The highest BCUT2D eigenvalue weighted by molar-refractivity contribution is 5.44. The van der Waals surface area contributed by atoms with Gasteiger partial charge in [0.25, 0.3) is 0 Å². The number of aliphatic hydroxyl groups is 1. The Morgan fingerprint density at radius 2 is 1.92 bits per heavy atom. The molecular weight excluding hydrogens is 309 g/mol. The van der Waals surface area contributed by atoms with Crippen LogP contribution in [0.4, 0.5) is 4.39 Å². The average Bonchev–Trinajstić information content (AvgIpc) is 3.04. The molecule has 5 heteroatoms. The van der Waals surface area contributed by atoms with Crippen molar-refractivity contribution in [3.63, 3.8) is 0 Å². The number of hydrogen-bond donors (Lipinski definition) is 1. The molecule has 0 aliphatic carbocycles. The first-order chi connectivity index (χ1) is 11.7. The van der Waals surface area contributed by atoms with Crippen molar-refractivity contribution in [2.24, 2.45) is 0 Å². The summed E-state index contributed by atoms with van der Waals surface area (Å²) in [6.07, 6.45) is 0.223. The molecule has 0 bridgehead atoms. The molecule has 2 aromatic carbocycles. The summed E-state index contributed by atoms with van der Waals surface area (Å²) in [5.74, 6) is 1.25. The van der Waals surface area contributed by atoms with Gasteiger partial charge in [0.15, 0.2) is 11.5 Å². The molecule has 1 aliphatic heterocycles. The number of halogens is 1. The molecule has 0 radical (unpaired) electrons. The SMILES string of the molecule is CC[C@@H](O)CN(Cc1ccc2c(c1)OCO2)Cc1ccccc1F. The highest BCUT2D eigenvalue weighted by Gasteiger charge is 2.17. The Labute approximate surface area is 141 Å². The molecule has 24 heavy (non-hydrogen) atoms. The number of hydrogen-bond acceptors (Lipinski definition) is 4. The van der Waals surface area contributed by atoms with E-state index in [-0.39, 0.29) is 12.6 Å². The van der Waals surface area contributed by atoms with E-state index in [9.17, 15) is 9.50 Å². The normalized spacial score (nSPS) is 14.2. The van der Waals surface area contributed by atoms with Crippen LogP contribution in [0.1, 0.15) is 24.5 Å². The van der Waals surface area contributed by atoms with Crippen LogP contribution in [0.5, 0.6) is 11.5 Å². The van der Waals surface area contributed by atoms with Gasteiger partial charge in [-0.05, 0) is 30.2 Å². The molecule has 0 fully saturated rings. The molecule has 2 aromatic rings. The first-order valence-electron chi connectivity index (χ1n) is 8.18. The lowest BCUT2D eigenvalue weighted by Crippen LogP contribution is -2.31. The molecular formula is C19H22FNO3. The minimum atomic E-state index is -0.439. The van der Waals surface area contributed by atoms with Crippen LogP contribution in [-0.2, 0) is 13.1 Å². The zero-order valence-corrected chi connectivity index (χ0v) is 13.7. The predicted octanol–water partition coefficient (Wildman–Crippen LogP) is 3.33. The third kappa shape index (κ3) is 4.04. The molecule has 0 saturated carbocycles. The van der Waals surface area contributed by atoms with E-state index in [4.69, 9.17) is 9.47 Å². The van der Waals surface area contributed by atoms with Crippen LogP contribution >= 0.6 is 0 Å². The van der Waals surface area contributed by atoms with Gasteiger partial charge in [0.05, 0.1) is 6.10 Å². The van der Waals surface area contributed by atoms with E-state index in [1.807, 2.05) is 36.1 Å². The maximum Gasteiger partial charge on any atom is 0.231 e. The first kappa shape index (κ1) is 16.7. The first-order valence-corrected chi connectivity index (χ1v) is 8.18. The van der Waals surface area contributed by atoms with Gasteiger partial charge in [0.1, 0.15) is 5.82 Å². The van der Waals surface area contributed by atoms with Crippen molar-refractivity contribution in [1.82, 2.24) is 4.90 Å². The van der Waals surface area contributed by atoms with E-state index in [0.717, 1.165) is 17.1 Å². The van der Waals surface area contributed by atoms with Gasteiger partial charge in [-0.25, -0.2) is 4.39 Å². The molecule has 0 spiro atoms. The third-order valence-corrected chi connectivity index (χ3v) is 4.14. The summed E-state index contributed by atoms with van der Waals surface area (Å²) in [4.78, 5) is 2.05. The summed E-state index contributed by atoms with van der Waals surface area (Å²) >= 11 is 0. The minimum Gasteiger partial charge on any atom is -0.454 e. The van der Waals surface area contributed by atoms with Crippen LogP contribution in [0, 0.1) is 5.82 Å². The summed E-state index contributed by atoms with van der Waals surface area (Å²) in [7, 11) is 0. The molecule has 1 heterocycles. The molecule has 0 amide bonds. The van der Waals surface area contributed by atoms with Crippen molar-refractivity contribution in [3.05, 3.63) is 59.4 Å². The molecule has 1 atom stereocenters. The zero-order valence-electron chi connectivity index (χ0n) is 13.7. The fourth-order valence-electron chi connectivity index (χ4n) is 2.78. The molecule has 4 nitrogen and oxygen atoms in total. The van der Waals surface area contributed by atoms with E-state index in [1.54, 1.807) is 12.1 Å². The molecule has 1 aliphatic rings. The predicted molar refractivity (Wildman–Crippen MR) is 89.4 cm³/mol. The van der Waals surface area contributed by atoms with Gasteiger partial charge in [-0.15, -0.1) is 0 Å². The van der Waals surface area contributed by atoms with E-state index in [2.05, 4.69) is 0 Å². The molecule has 128 valence electrons. The van der Waals surface area contributed by atoms with Crippen molar-refractivity contribution >= 4 is 0 Å². The summed E-state index contributed by atoms with van der Waals surface area (Å²) in [5, 5.41) is 10.0. The third-order valence-electron chi connectivity index (χ3n) is 4.14. The van der Waals surface area contributed by atoms with Gasteiger partial charge >= 0.3 is 0 Å². The van der Waals surface area contributed by atoms with Crippen LogP contribution in [0.2, 0.25) is 0 Å². The second-order valence-corrected chi connectivity index (χ2v) is 6.01. The summed E-state index contributed by atoms with van der Waals surface area (Å²) in [6, 6.07) is 12.5. The summed E-state index contributed by atoms with van der Waals surface area (Å²) in [6.45, 7) is 3.71. The molecule has 3 rings (SSSR count). The molecule has 0 aromatic heterocycles. The van der Waals surface area contributed by atoms with Gasteiger partial charge in [-0.1, -0.05) is 31.2 Å². The number of rotatable bonds is 7. The van der Waals surface area contributed by atoms with Crippen molar-refractivity contribution < 1.29 is 19.0 Å². The lowest BCUT2D eigenvalue weighted by molar-refractivity contribution is 0.101. The lowest BCUT2D eigenvalue weighted by Gasteiger charge is -2.25. The minimum absolute atomic E-state index is 0.223. The maximum absolute atomic E-state index is 14.0. The van der Waals surface area contributed by atoms with E-state index in [1.165, 1.54) is 6.07 Å². The number of benzene rings is 2. The highest BCUT2D eigenvalue weighted by atomic mass is 19.1. The largest absolute Gasteiger partial charge is 0.454 e. The van der Waals surface area contributed by atoms with Crippen molar-refractivity contribution in [1.29, 1.82) is 0 Å². The number of fused-ring (bicyclic) bond motifs is 1. The monoisotopic (exact) mass is 331 g/mol.